The molecule has 2 rings (SSSR count). The van der Waals surface area contributed by atoms with Gasteiger partial charge in [-0.05, 0) is 37.5 Å². The number of carboxylic acids is 1. The molecule has 2 amide bonds. The Morgan fingerprint density at radius 3 is 2.68 bits per heavy atom. The van der Waals surface area contributed by atoms with E-state index in [4.69, 9.17) is 9.84 Å². The molecule has 0 bridgehead atoms. The molecule has 1 unspecified atom stereocenters. The molecule has 126 valence electrons. The summed E-state index contributed by atoms with van der Waals surface area (Å²) in [5.41, 5.74) is 0.160. The van der Waals surface area contributed by atoms with Crippen LogP contribution in [-0.2, 0) is 9.53 Å². The Balaban J connectivity index is 1.84. The van der Waals surface area contributed by atoms with Gasteiger partial charge in [0.25, 0.3) is 0 Å². The molecule has 1 saturated carbocycles. The summed E-state index contributed by atoms with van der Waals surface area (Å²) in [6.07, 6.45) is 7.09. The van der Waals surface area contributed by atoms with Gasteiger partial charge in [-0.1, -0.05) is 12.8 Å². The molecule has 1 saturated heterocycles. The second-order valence-electron chi connectivity index (χ2n) is 6.73. The van der Waals surface area contributed by atoms with E-state index >= 15 is 0 Å². The number of aliphatic carboxylic acids is 1. The Hall–Kier alpha value is -1.30. The highest BCUT2D eigenvalue weighted by Crippen LogP contribution is 2.40. The molecule has 0 aromatic carbocycles. The van der Waals surface area contributed by atoms with Crippen LogP contribution in [-0.4, -0.2) is 55.4 Å². The van der Waals surface area contributed by atoms with Gasteiger partial charge in [-0.2, -0.15) is 0 Å². The number of hydrogen-bond donors (Lipinski definition) is 2. The van der Waals surface area contributed by atoms with Crippen LogP contribution in [0.4, 0.5) is 4.79 Å². The maximum Gasteiger partial charge on any atom is 0.317 e. The summed E-state index contributed by atoms with van der Waals surface area (Å²) in [6, 6.07) is -0.116. The number of urea groups is 1. The third-order valence-electron chi connectivity index (χ3n) is 5.17. The molecule has 22 heavy (non-hydrogen) atoms. The first-order chi connectivity index (χ1) is 10.6. The summed E-state index contributed by atoms with van der Waals surface area (Å²) >= 11 is 0. The fourth-order valence-corrected chi connectivity index (χ4v) is 3.70. The van der Waals surface area contributed by atoms with Gasteiger partial charge in [0.2, 0.25) is 0 Å². The van der Waals surface area contributed by atoms with Gasteiger partial charge in [0.05, 0.1) is 5.92 Å². The molecule has 2 aliphatic rings. The number of nitrogens with one attached hydrogen (secondary N) is 1. The lowest BCUT2D eigenvalue weighted by molar-refractivity contribution is -0.143. The zero-order valence-corrected chi connectivity index (χ0v) is 13.5. The smallest absolute Gasteiger partial charge is 0.317 e. The van der Waals surface area contributed by atoms with Crippen LogP contribution in [0.1, 0.15) is 44.9 Å². The average Bonchev–Trinajstić information content (AvgIpc) is 3.00. The molecule has 1 aliphatic heterocycles. The monoisotopic (exact) mass is 312 g/mol. The third-order valence-corrected chi connectivity index (χ3v) is 5.17. The number of carbonyl (C=O) groups excluding carboxylic acids is 1. The average molecular weight is 312 g/mol. The number of carboxylic acid groups (broad SMARTS) is 1. The largest absolute Gasteiger partial charge is 0.481 e. The van der Waals surface area contributed by atoms with Gasteiger partial charge < -0.3 is 20.1 Å². The number of amides is 2. The number of nitrogens with zero attached hydrogens (tertiary/aromatic N) is 1. The molecule has 0 spiro atoms. The predicted octanol–water partition coefficient (Wildman–Crippen LogP) is 2.09. The van der Waals surface area contributed by atoms with E-state index in [2.05, 4.69) is 5.32 Å². The maximum absolute atomic E-state index is 12.3. The van der Waals surface area contributed by atoms with Crippen molar-refractivity contribution in [1.29, 1.82) is 0 Å². The number of ether oxygens (including phenoxy) is 1. The van der Waals surface area contributed by atoms with Gasteiger partial charge >= 0.3 is 12.0 Å². The minimum absolute atomic E-state index is 0.116. The topological polar surface area (TPSA) is 78.9 Å². The van der Waals surface area contributed by atoms with Crippen LogP contribution in [0.3, 0.4) is 0 Å². The lowest BCUT2D eigenvalue weighted by atomic mass is 9.83. The molecule has 1 aliphatic carbocycles. The number of piperidine rings is 1. The summed E-state index contributed by atoms with van der Waals surface area (Å²) in [4.78, 5) is 25.1. The Labute approximate surface area is 132 Å². The number of likely N-dealkylation sites (tertiary alicyclic amines) is 1. The molecule has 0 radical (unpaired) electrons. The van der Waals surface area contributed by atoms with Crippen molar-refractivity contribution in [2.24, 2.45) is 11.3 Å². The first kappa shape index (κ1) is 17.1. The van der Waals surface area contributed by atoms with E-state index in [0.29, 0.717) is 26.1 Å². The lowest BCUT2D eigenvalue weighted by Gasteiger charge is -2.33. The third kappa shape index (κ3) is 4.35. The minimum atomic E-state index is -0.801. The van der Waals surface area contributed by atoms with Crippen molar-refractivity contribution in [2.75, 3.05) is 33.4 Å². The fourth-order valence-electron chi connectivity index (χ4n) is 3.70. The quantitative estimate of drug-likeness (QED) is 0.787. The van der Waals surface area contributed by atoms with E-state index in [1.54, 1.807) is 12.0 Å². The molecular formula is C16H28N2O4. The lowest BCUT2D eigenvalue weighted by Crippen LogP contribution is -2.49. The summed E-state index contributed by atoms with van der Waals surface area (Å²) in [6.45, 7) is 2.37. The molecule has 6 heteroatoms. The summed E-state index contributed by atoms with van der Waals surface area (Å²) in [7, 11) is 1.71. The Morgan fingerprint density at radius 1 is 1.32 bits per heavy atom. The Kier molecular flexibility index (Phi) is 6.06. The van der Waals surface area contributed by atoms with Crippen LogP contribution in [0.5, 0.6) is 0 Å². The SMILES string of the molecule is COCCC1(CNC(=O)N2CCCC(C(=O)O)C2)CCCC1. The zero-order valence-electron chi connectivity index (χ0n) is 13.5. The number of hydrogen-bond acceptors (Lipinski definition) is 3. The highest BCUT2D eigenvalue weighted by atomic mass is 16.5. The van der Waals surface area contributed by atoms with Crippen LogP contribution in [0, 0.1) is 11.3 Å². The summed E-state index contributed by atoms with van der Waals surface area (Å²) < 4.78 is 5.20. The van der Waals surface area contributed by atoms with Gasteiger partial charge in [0.1, 0.15) is 0 Å². The van der Waals surface area contributed by atoms with E-state index < -0.39 is 11.9 Å². The van der Waals surface area contributed by atoms with E-state index in [0.717, 1.165) is 32.3 Å². The number of rotatable bonds is 6. The van der Waals surface area contributed by atoms with E-state index in [-0.39, 0.29) is 11.4 Å². The molecule has 6 nitrogen and oxygen atoms in total. The van der Waals surface area contributed by atoms with Gasteiger partial charge in [0, 0.05) is 33.4 Å². The van der Waals surface area contributed by atoms with E-state index in [9.17, 15) is 9.59 Å². The van der Waals surface area contributed by atoms with Gasteiger partial charge in [-0.15, -0.1) is 0 Å². The molecule has 2 N–H and O–H groups in total. The minimum Gasteiger partial charge on any atom is -0.481 e. The van der Waals surface area contributed by atoms with Crippen molar-refractivity contribution in [3.05, 3.63) is 0 Å². The Bertz CT molecular complexity index is 394. The van der Waals surface area contributed by atoms with Crippen LogP contribution in [0.15, 0.2) is 0 Å². The van der Waals surface area contributed by atoms with Crippen molar-refractivity contribution in [3.8, 4) is 0 Å². The normalized spacial score (nSPS) is 24.2. The molecule has 0 aromatic heterocycles. The Morgan fingerprint density at radius 2 is 2.05 bits per heavy atom. The van der Waals surface area contributed by atoms with Crippen molar-refractivity contribution < 1.29 is 19.4 Å². The first-order valence-corrected chi connectivity index (χ1v) is 8.31. The van der Waals surface area contributed by atoms with Crippen molar-refractivity contribution in [2.45, 2.75) is 44.9 Å². The van der Waals surface area contributed by atoms with Crippen LogP contribution < -0.4 is 5.32 Å². The molecular weight excluding hydrogens is 284 g/mol. The van der Waals surface area contributed by atoms with Crippen LogP contribution >= 0.6 is 0 Å². The number of carbonyl (C=O) groups is 2. The molecule has 0 aromatic rings. The molecule has 1 heterocycles. The van der Waals surface area contributed by atoms with Crippen LogP contribution in [0.2, 0.25) is 0 Å². The molecule has 2 fully saturated rings. The van der Waals surface area contributed by atoms with Gasteiger partial charge in [0.15, 0.2) is 0 Å². The maximum atomic E-state index is 12.3. The predicted molar refractivity (Wildman–Crippen MR) is 82.7 cm³/mol. The van der Waals surface area contributed by atoms with E-state index in [1.165, 1.54) is 12.8 Å². The first-order valence-electron chi connectivity index (χ1n) is 8.31. The number of methoxy groups -OCH3 is 1. The van der Waals surface area contributed by atoms with Gasteiger partial charge in [-0.25, -0.2) is 4.79 Å². The second-order valence-corrected chi connectivity index (χ2v) is 6.73. The fraction of sp³-hybridized carbons (Fsp3) is 0.875. The highest BCUT2D eigenvalue weighted by molar-refractivity contribution is 5.76. The van der Waals surface area contributed by atoms with Crippen LogP contribution in [0.25, 0.3) is 0 Å². The van der Waals surface area contributed by atoms with Crippen molar-refractivity contribution in [3.63, 3.8) is 0 Å². The molecule has 1 atom stereocenters. The second kappa shape index (κ2) is 7.81. The zero-order chi connectivity index (χ0) is 16.0. The summed E-state index contributed by atoms with van der Waals surface area (Å²) in [5, 5.41) is 12.1. The van der Waals surface area contributed by atoms with Crippen molar-refractivity contribution >= 4 is 12.0 Å². The van der Waals surface area contributed by atoms with E-state index in [1.807, 2.05) is 0 Å². The highest BCUT2D eigenvalue weighted by Gasteiger charge is 2.35. The summed E-state index contributed by atoms with van der Waals surface area (Å²) in [5.74, 6) is -1.22. The van der Waals surface area contributed by atoms with Gasteiger partial charge in [-0.3, -0.25) is 4.79 Å². The van der Waals surface area contributed by atoms with Crippen molar-refractivity contribution in [1.82, 2.24) is 10.2 Å². The standard InChI is InChI=1S/C16H28N2O4/c1-22-10-8-16(6-2-3-7-16)12-17-15(21)18-9-4-5-13(11-18)14(19)20/h13H,2-12H2,1H3,(H,17,21)(H,19,20).